The van der Waals surface area contributed by atoms with Gasteiger partial charge in [0.05, 0.1) is 0 Å². The molecule has 0 aromatic heterocycles. The van der Waals surface area contributed by atoms with Crippen LogP contribution in [0, 0.1) is 11.8 Å². The van der Waals surface area contributed by atoms with Crippen LogP contribution in [0.4, 0.5) is 5.69 Å². The number of aliphatic carboxylic acids is 1. The molecule has 86 valence electrons. The van der Waals surface area contributed by atoms with E-state index >= 15 is 0 Å². The number of amides is 1. The zero-order valence-electron chi connectivity index (χ0n) is 9.12. The molecule has 1 aromatic carbocycles. The number of aryl methyl sites for hydroxylation is 1. The van der Waals surface area contributed by atoms with Crippen molar-refractivity contribution in [3.8, 4) is 11.8 Å². The predicted octanol–water partition coefficient (Wildman–Crippen LogP) is 1.40. The third-order valence-corrected chi connectivity index (χ3v) is 2.47. The molecule has 0 radical (unpaired) electrons. The minimum absolute atomic E-state index is 0.0298. The molecule has 1 amide bonds. The van der Waals surface area contributed by atoms with Crippen LogP contribution in [0.1, 0.15) is 24.0 Å². The van der Waals surface area contributed by atoms with Crippen LogP contribution < -0.4 is 5.32 Å². The Kier molecular flexibility index (Phi) is 3.10. The number of anilines is 1. The second-order valence-corrected chi connectivity index (χ2v) is 3.79. The van der Waals surface area contributed by atoms with Gasteiger partial charge in [0.1, 0.15) is 6.42 Å². The normalized spacial score (nSPS) is 13.1. The lowest BCUT2D eigenvalue weighted by Crippen LogP contribution is -2.18. The highest BCUT2D eigenvalue weighted by Gasteiger charge is 2.14. The van der Waals surface area contributed by atoms with E-state index in [-0.39, 0.29) is 12.3 Å². The van der Waals surface area contributed by atoms with Crippen molar-refractivity contribution in [3.63, 3.8) is 0 Å². The number of nitrogens with one attached hydrogen (secondary N) is 1. The molecule has 4 nitrogen and oxygen atoms in total. The fraction of sp³-hybridized carbons (Fsp3) is 0.231. The summed E-state index contributed by atoms with van der Waals surface area (Å²) in [5.74, 6) is 4.48. The predicted molar refractivity (Wildman–Crippen MR) is 62.5 cm³/mol. The summed E-state index contributed by atoms with van der Waals surface area (Å²) in [7, 11) is 0. The summed E-state index contributed by atoms with van der Waals surface area (Å²) < 4.78 is 0. The van der Waals surface area contributed by atoms with Crippen molar-refractivity contribution >= 4 is 17.6 Å². The van der Waals surface area contributed by atoms with Crippen LogP contribution in [0.5, 0.6) is 0 Å². The average Bonchev–Trinajstić information content (AvgIpc) is 2.29. The maximum Gasteiger partial charge on any atom is 0.315 e. The lowest BCUT2D eigenvalue weighted by Gasteiger charge is -2.16. The summed E-state index contributed by atoms with van der Waals surface area (Å²) in [5, 5.41) is 11.2. The van der Waals surface area contributed by atoms with Gasteiger partial charge < -0.3 is 10.4 Å². The fourth-order valence-electron chi connectivity index (χ4n) is 1.68. The highest BCUT2D eigenvalue weighted by molar-refractivity contribution is 5.94. The van der Waals surface area contributed by atoms with Gasteiger partial charge in [0.15, 0.2) is 0 Å². The van der Waals surface area contributed by atoms with E-state index < -0.39 is 5.97 Å². The van der Waals surface area contributed by atoms with Gasteiger partial charge >= 0.3 is 5.97 Å². The fourth-order valence-corrected chi connectivity index (χ4v) is 1.68. The van der Waals surface area contributed by atoms with Gasteiger partial charge in [-0.15, -0.1) is 0 Å². The van der Waals surface area contributed by atoms with Gasteiger partial charge in [-0.05, 0) is 30.2 Å². The molecule has 1 aliphatic rings. The number of hydrogen-bond acceptors (Lipinski definition) is 2. The summed E-state index contributed by atoms with van der Waals surface area (Å²) in [5.41, 5.74) is 2.65. The van der Waals surface area contributed by atoms with E-state index in [0.29, 0.717) is 12.8 Å². The Hall–Kier alpha value is -2.28. The van der Waals surface area contributed by atoms with Crippen LogP contribution in [0.25, 0.3) is 0 Å². The molecule has 0 saturated heterocycles. The van der Waals surface area contributed by atoms with Crippen LogP contribution in [0.2, 0.25) is 0 Å². The largest absolute Gasteiger partial charge is 0.481 e. The summed E-state index contributed by atoms with van der Waals surface area (Å²) in [6, 6.07) is 5.47. The molecular formula is C13H11NO3. The molecule has 1 aliphatic heterocycles. The van der Waals surface area contributed by atoms with Gasteiger partial charge in [0.2, 0.25) is 5.91 Å². The Labute approximate surface area is 98.6 Å². The number of fused-ring (bicyclic) bond motifs is 1. The standard InChI is InChI=1S/C13H11NO3/c15-12-7-5-10-8-9(2-1-3-13(16)17)4-6-11(10)14-12/h4,6,8H,3,5,7H2,(H,14,15)(H,16,17). The molecule has 0 spiro atoms. The maximum absolute atomic E-state index is 11.2. The van der Waals surface area contributed by atoms with E-state index in [9.17, 15) is 9.59 Å². The van der Waals surface area contributed by atoms with Crippen molar-refractivity contribution in [2.45, 2.75) is 19.3 Å². The van der Waals surface area contributed by atoms with E-state index in [1.54, 1.807) is 12.1 Å². The number of carboxylic acid groups (broad SMARTS) is 1. The molecule has 1 heterocycles. The lowest BCUT2D eigenvalue weighted by atomic mass is 10.0. The molecule has 1 aromatic rings. The van der Waals surface area contributed by atoms with Crippen molar-refractivity contribution in [1.82, 2.24) is 0 Å². The summed E-state index contributed by atoms with van der Waals surface area (Å²) >= 11 is 0. The van der Waals surface area contributed by atoms with E-state index in [0.717, 1.165) is 16.8 Å². The second kappa shape index (κ2) is 4.71. The molecule has 0 atom stereocenters. The van der Waals surface area contributed by atoms with Crippen molar-refractivity contribution in [1.29, 1.82) is 0 Å². The quantitative estimate of drug-likeness (QED) is 0.715. The van der Waals surface area contributed by atoms with Crippen molar-refractivity contribution in [3.05, 3.63) is 29.3 Å². The number of carboxylic acids is 1. The Morgan fingerprint density at radius 3 is 3.00 bits per heavy atom. The topological polar surface area (TPSA) is 66.4 Å². The number of carbonyl (C=O) groups excluding carboxylic acids is 1. The first-order valence-electron chi connectivity index (χ1n) is 5.28. The molecule has 0 fully saturated rings. The van der Waals surface area contributed by atoms with E-state index in [1.807, 2.05) is 6.07 Å². The van der Waals surface area contributed by atoms with Crippen LogP contribution in [0.3, 0.4) is 0 Å². The highest BCUT2D eigenvalue weighted by atomic mass is 16.4. The SMILES string of the molecule is O=C(O)CC#Cc1ccc2c(c1)CCC(=O)N2. The van der Waals surface area contributed by atoms with Gasteiger partial charge in [-0.3, -0.25) is 9.59 Å². The zero-order chi connectivity index (χ0) is 12.3. The molecule has 4 heteroatoms. The maximum atomic E-state index is 11.2. The van der Waals surface area contributed by atoms with Gasteiger partial charge in [-0.2, -0.15) is 0 Å². The molecule has 0 bridgehead atoms. The monoisotopic (exact) mass is 229 g/mol. The van der Waals surface area contributed by atoms with Crippen LogP contribution in [-0.2, 0) is 16.0 Å². The Bertz CT molecular complexity index is 537. The van der Waals surface area contributed by atoms with Gasteiger partial charge in [0.25, 0.3) is 0 Å². The van der Waals surface area contributed by atoms with E-state index in [4.69, 9.17) is 5.11 Å². The third-order valence-electron chi connectivity index (χ3n) is 2.47. The van der Waals surface area contributed by atoms with Crippen molar-refractivity contribution < 1.29 is 14.7 Å². The zero-order valence-corrected chi connectivity index (χ0v) is 9.12. The summed E-state index contributed by atoms with van der Waals surface area (Å²) in [4.78, 5) is 21.5. The summed E-state index contributed by atoms with van der Waals surface area (Å²) in [6.07, 6.45) is 1.03. The Morgan fingerprint density at radius 1 is 1.41 bits per heavy atom. The first-order chi connectivity index (χ1) is 8.15. The molecule has 17 heavy (non-hydrogen) atoms. The third kappa shape index (κ3) is 2.85. The van der Waals surface area contributed by atoms with Crippen molar-refractivity contribution in [2.24, 2.45) is 0 Å². The smallest absolute Gasteiger partial charge is 0.315 e. The van der Waals surface area contributed by atoms with Crippen LogP contribution in [-0.4, -0.2) is 17.0 Å². The van der Waals surface area contributed by atoms with Crippen LogP contribution in [0.15, 0.2) is 18.2 Å². The van der Waals surface area contributed by atoms with E-state index in [1.165, 1.54) is 0 Å². The average molecular weight is 229 g/mol. The van der Waals surface area contributed by atoms with Gasteiger partial charge in [-0.25, -0.2) is 0 Å². The molecular weight excluding hydrogens is 218 g/mol. The molecule has 2 N–H and O–H groups in total. The van der Waals surface area contributed by atoms with Crippen LogP contribution >= 0.6 is 0 Å². The van der Waals surface area contributed by atoms with E-state index in [2.05, 4.69) is 17.2 Å². The van der Waals surface area contributed by atoms with Gasteiger partial charge in [-0.1, -0.05) is 11.8 Å². The molecule has 0 unspecified atom stereocenters. The van der Waals surface area contributed by atoms with Gasteiger partial charge in [0, 0.05) is 17.7 Å². The Balaban J connectivity index is 2.18. The molecule has 0 saturated carbocycles. The molecule has 2 rings (SSSR count). The number of carbonyl (C=O) groups is 2. The first kappa shape index (κ1) is 11.2. The number of hydrogen-bond donors (Lipinski definition) is 2. The lowest BCUT2D eigenvalue weighted by molar-refractivity contribution is -0.135. The minimum atomic E-state index is -0.928. The summed E-state index contributed by atoms with van der Waals surface area (Å²) in [6.45, 7) is 0. The minimum Gasteiger partial charge on any atom is -0.481 e. The Morgan fingerprint density at radius 2 is 2.24 bits per heavy atom. The first-order valence-corrected chi connectivity index (χ1v) is 5.28. The molecule has 0 aliphatic carbocycles. The number of rotatable bonds is 1. The highest BCUT2D eigenvalue weighted by Crippen LogP contribution is 2.23. The van der Waals surface area contributed by atoms with Crippen molar-refractivity contribution in [2.75, 3.05) is 5.32 Å². The number of benzene rings is 1. The second-order valence-electron chi connectivity index (χ2n) is 3.79.